The maximum Gasteiger partial charge on any atom is 0.255 e. The molecule has 0 spiro atoms. The largest absolute Gasteiger partial charge is 0.485 e. The third kappa shape index (κ3) is 3.29. The number of H-pyrrole nitrogens is 2. The van der Waals surface area contributed by atoms with E-state index in [1.165, 1.54) is 0 Å². The Hall–Kier alpha value is -3.75. The summed E-state index contributed by atoms with van der Waals surface area (Å²) in [7, 11) is 0. The van der Waals surface area contributed by atoms with Gasteiger partial charge in [-0.15, -0.1) is 10.2 Å². The van der Waals surface area contributed by atoms with E-state index in [0.29, 0.717) is 22.8 Å². The maximum absolute atomic E-state index is 12.3. The summed E-state index contributed by atoms with van der Waals surface area (Å²) in [6, 6.07) is 12.4. The zero-order valence-electron chi connectivity index (χ0n) is 12.9. The summed E-state index contributed by atoms with van der Waals surface area (Å²) >= 11 is 0. The highest BCUT2D eigenvalue weighted by Gasteiger charge is 2.08. The molecule has 3 N–H and O–H groups in total. The summed E-state index contributed by atoms with van der Waals surface area (Å²) in [5.41, 5.74) is 2.12. The SMILES string of the molecule is O=C(Nc1ccc(OCc2nn[nH]n2)cc1)c1ccc2[nH]ncc2c1. The molecule has 0 aliphatic rings. The quantitative estimate of drug-likeness (QED) is 0.512. The first kappa shape index (κ1) is 14.8. The van der Waals surface area contributed by atoms with Crippen LogP contribution >= 0.6 is 0 Å². The number of amides is 1. The third-order valence-corrected chi connectivity index (χ3v) is 3.57. The Morgan fingerprint density at radius 2 is 2.04 bits per heavy atom. The fraction of sp³-hybridized carbons (Fsp3) is 0.0625. The van der Waals surface area contributed by atoms with Crippen LogP contribution < -0.4 is 10.1 Å². The monoisotopic (exact) mass is 335 g/mol. The highest BCUT2D eigenvalue weighted by atomic mass is 16.5. The van der Waals surface area contributed by atoms with Crippen LogP contribution in [0.15, 0.2) is 48.7 Å². The van der Waals surface area contributed by atoms with Crippen molar-refractivity contribution < 1.29 is 9.53 Å². The number of aromatic nitrogens is 6. The lowest BCUT2D eigenvalue weighted by Gasteiger charge is -2.07. The zero-order valence-corrected chi connectivity index (χ0v) is 12.9. The third-order valence-electron chi connectivity index (χ3n) is 3.57. The molecule has 25 heavy (non-hydrogen) atoms. The van der Waals surface area contributed by atoms with Gasteiger partial charge in [0.15, 0.2) is 6.61 Å². The smallest absolute Gasteiger partial charge is 0.255 e. The average Bonchev–Trinajstić information content (AvgIpc) is 3.32. The van der Waals surface area contributed by atoms with Crippen LogP contribution in [0.5, 0.6) is 5.75 Å². The van der Waals surface area contributed by atoms with Gasteiger partial charge in [-0.2, -0.15) is 10.3 Å². The van der Waals surface area contributed by atoms with E-state index in [1.807, 2.05) is 6.07 Å². The average molecular weight is 335 g/mol. The number of hydrogen-bond donors (Lipinski definition) is 3. The molecule has 9 heteroatoms. The Morgan fingerprint density at radius 3 is 2.84 bits per heavy atom. The normalized spacial score (nSPS) is 10.7. The molecule has 0 aliphatic carbocycles. The van der Waals surface area contributed by atoms with Crippen LogP contribution in [0.3, 0.4) is 0 Å². The van der Waals surface area contributed by atoms with Crippen molar-refractivity contribution in [2.24, 2.45) is 0 Å². The van der Waals surface area contributed by atoms with Gasteiger partial charge in [0.05, 0.1) is 11.7 Å². The summed E-state index contributed by atoms with van der Waals surface area (Å²) < 4.78 is 5.53. The first-order chi connectivity index (χ1) is 12.3. The van der Waals surface area contributed by atoms with Crippen molar-refractivity contribution in [2.45, 2.75) is 6.61 Å². The standard InChI is InChI=1S/C16H13N7O2/c24-16(10-1-6-14-11(7-10)8-17-19-14)18-12-2-4-13(5-3-12)25-9-15-20-22-23-21-15/h1-8H,9H2,(H,17,19)(H,18,24)(H,20,21,22,23). The number of carbonyl (C=O) groups is 1. The van der Waals surface area contributed by atoms with Crippen LogP contribution in [0.2, 0.25) is 0 Å². The fourth-order valence-corrected chi connectivity index (χ4v) is 2.31. The van der Waals surface area contributed by atoms with Crippen molar-refractivity contribution in [3.63, 3.8) is 0 Å². The van der Waals surface area contributed by atoms with Crippen molar-refractivity contribution in [1.82, 2.24) is 30.8 Å². The van der Waals surface area contributed by atoms with Gasteiger partial charge in [-0.05, 0) is 42.5 Å². The predicted molar refractivity (Wildman–Crippen MR) is 89.0 cm³/mol. The number of ether oxygens (including phenoxy) is 1. The van der Waals surface area contributed by atoms with E-state index in [2.05, 4.69) is 36.1 Å². The van der Waals surface area contributed by atoms with Crippen LogP contribution in [-0.4, -0.2) is 36.7 Å². The molecule has 0 saturated carbocycles. The molecule has 0 saturated heterocycles. The number of aromatic amines is 2. The Morgan fingerprint density at radius 1 is 1.16 bits per heavy atom. The lowest BCUT2D eigenvalue weighted by Crippen LogP contribution is -2.11. The fourth-order valence-electron chi connectivity index (χ4n) is 2.31. The number of rotatable bonds is 5. The molecule has 2 aromatic heterocycles. The van der Waals surface area contributed by atoms with E-state index in [-0.39, 0.29) is 12.5 Å². The number of tetrazole rings is 1. The Kier molecular flexibility index (Phi) is 3.79. The van der Waals surface area contributed by atoms with Gasteiger partial charge in [-0.1, -0.05) is 5.21 Å². The van der Waals surface area contributed by atoms with Crippen LogP contribution in [0.4, 0.5) is 5.69 Å². The number of benzene rings is 2. The molecule has 0 radical (unpaired) electrons. The van der Waals surface area contributed by atoms with Crippen molar-refractivity contribution >= 4 is 22.5 Å². The molecule has 1 amide bonds. The number of nitrogens with zero attached hydrogens (tertiary/aromatic N) is 4. The van der Waals surface area contributed by atoms with E-state index in [9.17, 15) is 4.79 Å². The minimum atomic E-state index is -0.191. The van der Waals surface area contributed by atoms with Crippen LogP contribution in [0.1, 0.15) is 16.2 Å². The molecule has 0 atom stereocenters. The second-order valence-electron chi connectivity index (χ2n) is 5.27. The van der Waals surface area contributed by atoms with E-state index in [4.69, 9.17) is 4.74 Å². The Bertz CT molecular complexity index is 993. The number of fused-ring (bicyclic) bond motifs is 1. The summed E-state index contributed by atoms with van der Waals surface area (Å²) in [5.74, 6) is 0.915. The van der Waals surface area contributed by atoms with Gasteiger partial charge in [-0.25, -0.2) is 0 Å². The highest BCUT2D eigenvalue weighted by molar-refractivity contribution is 6.06. The molecule has 4 aromatic rings. The highest BCUT2D eigenvalue weighted by Crippen LogP contribution is 2.18. The number of hydrogen-bond acceptors (Lipinski definition) is 6. The lowest BCUT2D eigenvalue weighted by atomic mass is 10.1. The molecule has 0 unspecified atom stereocenters. The van der Waals surface area contributed by atoms with Gasteiger partial charge < -0.3 is 10.1 Å². The van der Waals surface area contributed by atoms with Gasteiger partial charge in [0.25, 0.3) is 5.91 Å². The van der Waals surface area contributed by atoms with Crippen molar-refractivity contribution in [3.05, 3.63) is 60.0 Å². The van der Waals surface area contributed by atoms with Gasteiger partial charge in [0.1, 0.15) is 5.75 Å². The molecule has 2 heterocycles. The topological polar surface area (TPSA) is 121 Å². The van der Waals surface area contributed by atoms with Gasteiger partial charge in [-0.3, -0.25) is 9.89 Å². The van der Waals surface area contributed by atoms with E-state index < -0.39 is 0 Å². The van der Waals surface area contributed by atoms with Gasteiger partial charge in [0.2, 0.25) is 5.82 Å². The molecule has 9 nitrogen and oxygen atoms in total. The van der Waals surface area contributed by atoms with E-state index >= 15 is 0 Å². The predicted octanol–water partition coefficient (Wildman–Crippen LogP) is 1.91. The van der Waals surface area contributed by atoms with Gasteiger partial charge >= 0.3 is 0 Å². The van der Waals surface area contributed by atoms with Crippen molar-refractivity contribution in [2.75, 3.05) is 5.32 Å². The second-order valence-corrected chi connectivity index (χ2v) is 5.27. The van der Waals surface area contributed by atoms with Gasteiger partial charge in [0, 0.05) is 16.6 Å². The summed E-state index contributed by atoms with van der Waals surface area (Å²) in [6.07, 6.45) is 1.68. The summed E-state index contributed by atoms with van der Waals surface area (Å²) in [5, 5.41) is 24.0. The molecule has 0 fully saturated rings. The second kappa shape index (κ2) is 6.40. The summed E-state index contributed by atoms with van der Waals surface area (Å²) in [4.78, 5) is 12.3. The first-order valence-corrected chi connectivity index (χ1v) is 7.47. The molecule has 124 valence electrons. The summed E-state index contributed by atoms with van der Waals surface area (Å²) in [6.45, 7) is 0.215. The van der Waals surface area contributed by atoms with Crippen LogP contribution in [-0.2, 0) is 6.61 Å². The van der Waals surface area contributed by atoms with Crippen LogP contribution in [0, 0.1) is 0 Å². The molecule has 2 aromatic carbocycles. The lowest BCUT2D eigenvalue weighted by molar-refractivity contribution is 0.102. The molecule has 0 aliphatic heterocycles. The molecule has 4 rings (SSSR count). The van der Waals surface area contributed by atoms with Crippen molar-refractivity contribution in [3.8, 4) is 5.75 Å². The molecular formula is C16H13N7O2. The molecular weight excluding hydrogens is 322 g/mol. The Labute approximate surface area is 141 Å². The number of nitrogens with one attached hydrogen (secondary N) is 3. The Balaban J connectivity index is 1.40. The first-order valence-electron chi connectivity index (χ1n) is 7.47. The van der Waals surface area contributed by atoms with Crippen molar-refractivity contribution in [1.29, 1.82) is 0 Å². The number of carbonyl (C=O) groups excluding carboxylic acids is 1. The number of anilines is 1. The minimum Gasteiger partial charge on any atom is -0.485 e. The van der Waals surface area contributed by atoms with E-state index in [1.54, 1.807) is 42.6 Å². The molecule has 0 bridgehead atoms. The maximum atomic E-state index is 12.3. The zero-order chi connectivity index (χ0) is 17.1. The van der Waals surface area contributed by atoms with E-state index in [0.717, 1.165) is 10.9 Å². The van der Waals surface area contributed by atoms with Crippen LogP contribution in [0.25, 0.3) is 10.9 Å². The minimum absolute atomic E-state index is 0.191.